The van der Waals surface area contributed by atoms with Gasteiger partial charge in [0.1, 0.15) is 0 Å². The van der Waals surface area contributed by atoms with Crippen molar-refractivity contribution >= 4 is 0 Å². The predicted octanol–water partition coefficient (Wildman–Crippen LogP) is 2.46. The Labute approximate surface area is 178 Å². The third-order valence-corrected chi connectivity index (χ3v) is 7.37. The molecule has 3 aliphatic rings. The Balaban J connectivity index is 1.51. The molecular formula is C23H45N3O3. The van der Waals surface area contributed by atoms with E-state index < -0.39 is 0 Å². The van der Waals surface area contributed by atoms with E-state index in [-0.39, 0.29) is 5.54 Å². The first kappa shape index (κ1) is 23.4. The van der Waals surface area contributed by atoms with Gasteiger partial charge in [0.25, 0.3) is 0 Å². The smallest absolute Gasteiger partial charge is 0.0743 e. The van der Waals surface area contributed by atoms with Crippen LogP contribution >= 0.6 is 0 Å². The highest BCUT2D eigenvalue weighted by Crippen LogP contribution is 2.27. The molecule has 4 unspecified atom stereocenters. The van der Waals surface area contributed by atoms with Crippen LogP contribution < -0.4 is 0 Å². The van der Waals surface area contributed by atoms with Crippen LogP contribution in [-0.2, 0) is 14.2 Å². The van der Waals surface area contributed by atoms with E-state index in [9.17, 15) is 0 Å². The van der Waals surface area contributed by atoms with Crippen LogP contribution in [0.1, 0.15) is 54.4 Å². The fourth-order valence-electron chi connectivity index (χ4n) is 5.47. The highest BCUT2D eigenvalue weighted by atomic mass is 16.5. The lowest BCUT2D eigenvalue weighted by molar-refractivity contribution is -0.102. The third kappa shape index (κ3) is 6.14. The minimum Gasteiger partial charge on any atom is -0.379 e. The van der Waals surface area contributed by atoms with E-state index in [1.165, 1.54) is 0 Å². The first-order chi connectivity index (χ1) is 13.8. The quantitative estimate of drug-likeness (QED) is 0.641. The summed E-state index contributed by atoms with van der Waals surface area (Å²) in [6.45, 7) is 22.6. The molecule has 0 bridgehead atoms. The van der Waals surface area contributed by atoms with Gasteiger partial charge in [-0.15, -0.1) is 0 Å². The van der Waals surface area contributed by atoms with Crippen molar-refractivity contribution in [3.05, 3.63) is 0 Å². The van der Waals surface area contributed by atoms with Crippen molar-refractivity contribution in [1.29, 1.82) is 0 Å². The van der Waals surface area contributed by atoms with E-state index >= 15 is 0 Å². The van der Waals surface area contributed by atoms with Crippen molar-refractivity contribution in [1.82, 2.24) is 14.7 Å². The van der Waals surface area contributed by atoms with Gasteiger partial charge in [0, 0.05) is 56.4 Å². The molecule has 3 aliphatic heterocycles. The van der Waals surface area contributed by atoms with Crippen LogP contribution in [0.25, 0.3) is 0 Å². The summed E-state index contributed by atoms with van der Waals surface area (Å²) in [7, 11) is 0. The van der Waals surface area contributed by atoms with Crippen LogP contribution in [0.4, 0.5) is 0 Å². The molecule has 3 rings (SSSR count). The Hall–Kier alpha value is -0.240. The van der Waals surface area contributed by atoms with E-state index in [4.69, 9.17) is 14.2 Å². The minimum atomic E-state index is 0.152. The molecule has 3 fully saturated rings. The molecule has 3 heterocycles. The first-order valence-corrected chi connectivity index (χ1v) is 11.8. The van der Waals surface area contributed by atoms with Gasteiger partial charge in [-0.2, -0.15) is 0 Å². The molecule has 6 nitrogen and oxygen atoms in total. The molecule has 4 atom stereocenters. The van der Waals surface area contributed by atoms with Gasteiger partial charge < -0.3 is 14.2 Å². The maximum atomic E-state index is 6.21. The second-order valence-electron chi connectivity index (χ2n) is 10.2. The third-order valence-electron chi connectivity index (χ3n) is 7.37. The van der Waals surface area contributed by atoms with Crippen molar-refractivity contribution in [2.75, 3.05) is 59.2 Å². The molecule has 0 aromatic heterocycles. The van der Waals surface area contributed by atoms with Gasteiger partial charge >= 0.3 is 0 Å². The molecule has 0 aliphatic carbocycles. The summed E-state index contributed by atoms with van der Waals surface area (Å²) >= 11 is 0. The standard InChI is InChI=1S/C23H45N3O3/c1-18(2)26-10-14-29-22(20(26)4)15-19(3)24-7-13-28-21(17-24)16-23(5,6)25-8-11-27-12-9-25/h18-22H,7-17H2,1-6H3. The predicted molar refractivity (Wildman–Crippen MR) is 118 cm³/mol. The summed E-state index contributed by atoms with van der Waals surface area (Å²) in [5.41, 5.74) is 0.152. The maximum Gasteiger partial charge on any atom is 0.0743 e. The Bertz CT molecular complexity index is 496. The zero-order chi connectivity index (χ0) is 21.0. The fraction of sp³-hybridized carbons (Fsp3) is 1.00. The van der Waals surface area contributed by atoms with Crippen LogP contribution in [0.5, 0.6) is 0 Å². The number of nitrogens with zero attached hydrogens (tertiary/aromatic N) is 3. The lowest BCUT2D eigenvalue weighted by Gasteiger charge is -2.46. The molecule has 0 spiro atoms. The van der Waals surface area contributed by atoms with Crippen molar-refractivity contribution < 1.29 is 14.2 Å². The average Bonchev–Trinajstić information content (AvgIpc) is 2.70. The molecule has 3 saturated heterocycles. The lowest BCUT2D eigenvalue weighted by Crippen LogP contribution is -2.56. The van der Waals surface area contributed by atoms with Crippen LogP contribution in [0.15, 0.2) is 0 Å². The van der Waals surface area contributed by atoms with Crippen LogP contribution in [0.3, 0.4) is 0 Å². The average molecular weight is 412 g/mol. The number of hydrogen-bond acceptors (Lipinski definition) is 6. The van der Waals surface area contributed by atoms with Gasteiger partial charge in [-0.3, -0.25) is 14.7 Å². The van der Waals surface area contributed by atoms with Crippen LogP contribution in [0.2, 0.25) is 0 Å². The normalized spacial score (nSPS) is 32.6. The maximum absolute atomic E-state index is 6.21. The molecule has 0 amide bonds. The number of rotatable bonds is 7. The lowest BCUT2D eigenvalue weighted by atomic mass is 9.92. The first-order valence-electron chi connectivity index (χ1n) is 11.8. The molecule has 0 saturated carbocycles. The van der Waals surface area contributed by atoms with Crippen molar-refractivity contribution in [2.24, 2.45) is 0 Å². The SMILES string of the molecule is CC(CC1OCCN(C(C)C)C1C)N1CCOC(CC(C)(C)N2CCOCC2)C1. The molecule has 0 N–H and O–H groups in total. The fourth-order valence-corrected chi connectivity index (χ4v) is 5.47. The van der Waals surface area contributed by atoms with E-state index in [0.717, 1.165) is 72.0 Å². The molecule has 0 aromatic carbocycles. The number of ether oxygens (including phenoxy) is 3. The second-order valence-corrected chi connectivity index (χ2v) is 10.2. The summed E-state index contributed by atoms with van der Waals surface area (Å²) in [6, 6.07) is 1.60. The van der Waals surface area contributed by atoms with Gasteiger partial charge in [-0.25, -0.2) is 0 Å². The van der Waals surface area contributed by atoms with Crippen LogP contribution in [-0.4, -0.2) is 110 Å². The summed E-state index contributed by atoms with van der Waals surface area (Å²) in [6.07, 6.45) is 2.81. The van der Waals surface area contributed by atoms with Gasteiger partial charge in [0.05, 0.1) is 38.6 Å². The highest BCUT2D eigenvalue weighted by Gasteiger charge is 2.36. The zero-order valence-corrected chi connectivity index (χ0v) is 19.7. The van der Waals surface area contributed by atoms with Crippen LogP contribution in [0, 0.1) is 0 Å². The molecule has 0 radical (unpaired) electrons. The van der Waals surface area contributed by atoms with E-state index in [2.05, 4.69) is 56.2 Å². The molecule has 6 heteroatoms. The van der Waals surface area contributed by atoms with Crippen molar-refractivity contribution in [3.8, 4) is 0 Å². The van der Waals surface area contributed by atoms with Gasteiger partial charge in [-0.05, 0) is 54.4 Å². The zero-order valence-electron chi connectivity index (χ0n) is 19.7. The Morgan fingerprint density at radius 3 is 2.31 bits per heavy atom. The molecule has 0 aromatic rings. The summed E-state index contributed by atoms with van der Waals surface area (Å²) < 4.78 is 17.9. The van der Waals surface area contributed by atoms with Gasteiger partial charge in [-0.1, -0.05) is 0 Å². The van der Waals surface area contributed by atoms with Gasteiger partial charge in [0.15, 0.2) is 0 Å². The largest absolute Gasteiger partial charge is 0.379 e. The summed E-state index contributed by atoms with van der Waals surface area (Å²) in [5, 5.41) is 0. The van der Waals surface area contributed by atoms with E-state index in [1.54, 1.807) is 0 Å². The highest BCUT2D eigenvalue weighted by molar-refractivity contribution is 4.90. The molecule has 29 heavy (non-hydrogen) atoms. The number of hydrogen-bond donors (Lipinski definition) is 0. The Kier molecular flexibility index (Phi) is 8.38. The van der Waals surface area contributed by atoms with E-state index in [0.29, 0.717) is 30.3 Å². The van der Waals surface area contributed by atoms with Crippen molar-refractivity contribution in [2.45, 2.75) is 90.3 Å². The summed E-state index contributed by atoms with van der Waals surface area (Å²) in [5.74, 6) is 0. The Morgan fingerprint density at radius 2 is 1.62 bits per heavy atom. The van der Waals surface area contributed by atoms with Gasteiger partial charge in [0.2, 0.25) is 0 Å². The Morgan fingerprint density at radius 1 is 0.931 bits per heavy atom. The summed E-state index contributed by atoms with van der Waals surface area (Å²) in [4.78, 5) is 7.79. The topological polar surface area (TPSA) is 37.4 Å². The molecule has 170 valence electrons. The van der Waals surface area contributed by atoms with Crippen molar-refractivity contribution in [3.63, 3.8) is 0 Å². The second kappa shape index (κ2) is 10.4. The minimum absolute atomic E-state index is 0.152. The number of morpholine rings is 3. The monoisotopic (exact) mass is 411 g/mol. The molecular weight excluding hydrogens is 366 g/mol. The van der Waals surface area contributed by atoms with E-state index in [1.807, 2.05) is 0 Å².